The molecule has 0 amide bonds. The molecular formula is C16H31N3O. The average Bonchev–Trinajstić information content (AvgIpc) is 2.48. The van der Waals surface area contributed by atoms with Crippen molar-refractivity contribution < 1.29 is 4.74 Å². The van der Waals surface area contributed by atoms with Gasteiger partial charge in [-0.25, -0.2) is 0 Å². The Kier molecular flexibility index (Phi) is 5.32. The van der Waals surface area contributed by atoms with Crippen LogP contribution in [-0.2, 0) is 4.74 Å². The van der Waals surface area contributed by atoms with E-state index in [0.29, 0.717) is 0 Å². The highest BCUT2D eigenvalue weighted by Crippen LogP contribution is 2.33. The van der Waals surface area contributed by atoms with Crippen LogP contribution in [-0.4, -0.2) is 74.4 Å². The Hall–Kier alpha value is -0.160. The third kappa shape index (κ3) is 3.53. The summed E-state index contributed by atoms with van der Waals surface area (Å²) in [6.07, 6.45) is 8.36. The van der Waals surface area contributed by atoms with Crippen molar-refractivity contribution in [1.82, 2.24) is 15.1 Å². The van der Waals surface area contributed by atoms with E-state index in [1.165, 1.54) is 51.6 Å². The molecule has 3 aliphatic heterocycles. The van der Waals surface area contributed by atoms with Crippen LogP contribution in [0.2, 0.25) is 0 Å². The molecule has 3 rings (SSSR count). The van der Waals surface area contributed by atoms with Crippen LogP contribution in [0.25, 0.3) is 0 Å². The molecule has 0 saturated carbocycles. The summed E-state index contributed by atoms with van der Waals surface area (Å²) >= 11 is 0. The minimum atomic E-state index is 0.765. The van der Waals surface area contributed by atoms with Crippen molar-refractivity contribution in [3.8, 4) is 0 Å². The lowest BCUT2D eigenvalue weighted by Crippen LogP contribution is -2.56. The van der Waals surface area contributed by atoms with Gasteiger partial charge in [0, 0.05) is 31.2 Å². The van der Waals surface area contributed by atoms with E-state index in [4.69, 9.17) is 4.74 Å². The zero-order chi connectivity index (χ0) is 13.8. The maximum Gasteiger partial charge on any atom is 0.0594 e. The standard InChI is InChI=1S/C16H31N3O/c1-17-14-12-15-4-2-5-16(13-14)19(15)7-3-6-18-8-10-20-11-9-18/h14-17H,2-13H2,1H3. The van der Waals surface area contributed by atoms with Gasteiger partial charge < -0.3 is 10.1 Å². The molecule has 0 aromatic rings. The van der Waals surface area contributed by atoms with Gasteiger partial charge in [-0.1, -0.05) is 6.42 Å². The molecule has 3 heterocycles. The van der Waals surface area contributed by atoms with Crippen molar-refractivity contribution in [3.63, 3.8) is 0 Å². The van der Waals surface area contributed by atoms with Crippen LogP contribution in [0, 0.1) is 0 Å². The Morgan fingerprint density at radius 1 is 1.05 bits per heavy atom. The van der Waals surface area contributed by atoms with E-state index in [9.17, 15) is 0 Å². The second-order valence-electron chi connectivity index (χ2n) is 6.74. The lowest BCUT2D eigenvalue weighted by atomic mass is 9.81. The van der Waals surface area contributed by atoms with E-state index in [2.05, 4.69) is 22.2 Å². The predicted molar refractivity (Wildman–Crippen MR) is 82.1 cm³/mol. The monoisotopic (exact) mass is 281 g/mol. The van der Waals surface area contributed by atoms with Gasteiger partial charge in [-0.3, -0.25) is 9.80 Å². The molecule has 0 radical (unpaired) electrons. The van der Waals surface area contributed by atoms with Crippen LogP contribution >= 0.6 is 0 Å². The molecule has 116 valence electrons. The van der Waals surface area contributed by atoms with Gasteiger partial charge in [0.05, 0.1) is 13.2 Å². The Labute approximate surface area is 123 Å². The second-order valence-corrected chi connectivity index (χ2v) is 6.74. The van der Waals surface area contributed by atoms with Gasteiger partial charge in [0.1, 0.15) is 0 Å². The van der Waals surface area contributed by atoms with Gasteiger partial charge >= 0.3 is 0 Å². The van der Waals surface area contributed by atoms with Crippen LogP contribution in [0.3, 0.4) is 0 Å². The van der Waals surface area contributed by atoms with Crippen LogP contribution in [0.1, 0.15) is 38.5 Å². The summed E-state index contributed by atoms with van der Waals surface area (Å²) in [5.74, 6) is 0. The fourth-order valence-electron chi connectivity index (χ4n) is 4.38. The minimum absolute atomic E-state index is 0.765. The highest BCUT2D eigenvalue weighted by atomic mass is 16.5. The molecule has 3 aliphatic rings. The fourth-order valence-corrected chi connectivity index (χ4v) is 4.38. The van der Waals surface area contributed by atoms with Crippen LogP contribution in [0.4, 0.5) is 0 Å². The summed E-state index contributed by atoms with van der Waals surface area (Å²) in [6.45, 7) is 6.69. The summed E-state index contributed by atoms with van der Waals surface area (Å²) in [4.78, 5) is 5.41. The van der Waals surface area contributed by atoms with Gasteiger partial charge in [0.25, 0.3) is 0 Å². The number of morpholine rings is 1. The van der Waals surface area contributed by atoms with Crippen molar-refractivity contribution in [3.05, 3.63) is 0 Å². The Morgan fingerprint density at radius 3 is 2.40 bits per heavy atom. The largest absolute Gasteiger partial charge is 0.379 e. The molecule has 1 N–H and O–H groups in total. The number of rotatable bonds is 5. The molecule has 2 atom stereocenters. The zero-order valence-corrected chi connectivity index (χ0v) is 13.0. The third-order valence-electron chi connectivity index (χ3n) is 5.53. The van der Waals surface area contributed by atoms with E-state index in [1.807, 2.05) is 0 Å². The number of nitrogens with zero attached hydrogens (tertiary/aromatic N) is 2. The zero-order valence-electron chi connectivity index (χ0n) is 13.0. The smallest absolute Gasteiger partial charge is 0.0594 e. The summed E-state index contributed by atoms with van der Waals surface area (Å²) in [6, 6.07) is 2.47. The number of piperidine rings is 2. The summed E-state index contributed by atoms with van der Waals surface area (Å²) < 4.78 is 5.42. The van der Waals surface area contributed by atoms with Gasteiger partial charge in [-0.05, 0) is 52.2 Å². The summed E-state index contributed by atoms with van der Waals surface area (Å²) in [5, 5.41) is 3.51. The van der Waals surface area contributed by atoms with Crippen molar-refractivity contribution in [2.24, 2.45) is 0 Å². The van der Waals surface area contributed by atoms with E-state index < -0.39 is 0 Å². The molecule has 2 bridgehead atoms. The quantitative estimate of drug-likeness (QED) is 0.822. The minimum Gasteiger partial charge on any atom is -0.379 e. The normalized spacial score (nSPS) is 36.1. The topological polar surface area (TPSA) is 27.7 Å². The highest BCUT2D eigenvalue weighted by Gasteiger charge is 2.37. The maximum absolute atomic E-state index is 5.42. The Bertz CT molecular complexity index is 279. The molecule has 2 unspecified atom stereocenters. The molecule has 4 nitrogen and oxygen atoms in total. The van der Waals surface area contributed by atoms with E-state index in [-0.39, 0.29) is 0 Å². The SMILES string of the molecule is CNC1CC2CCCC(C1)N2CCCN1CCOCC1. The Balaban J connectivity index is 1.44. The van der Waals surface area contributed by atoms with Crippen molar-refractivity contribution in [2.45, 2.75) is 56.7 Å². The molecule has 4 heteroatoms. The van der Waals surface area contributed by atoms with Crippen molar-refractivity contribution in [2.75, 3.05) is 46.4 Å². The summed E-state index contributed by atoms with van der Waals surface area (Å²) in [5.41, 5.74) is 0. The molecular weight excluding hydrogens is 250 g/mol. The third-order valence-corrected chi connectivity index (χ3v) is 5.53. The first kappa shape index (κ1) is 14.8. The van der Waals surface area contributed by atoms with Gasteiger partial charge in [0.15, 0.2) is 0 Å². The average molecular weight is 281 g/mol. The summed E-state index contributed by atoms with van der Waals surface area (Å²) in [7, 11) is 2.13. The molecule has 3 fully saturated rings. The van der Waals surface area contributed by atoms with Crippen LogP contribution in [0.15, 0.2) is 0 Å². The number of nitrogens with one attached hydrogen (secondary N) is 1. The van der Waals surface area contributed by atoms with Crippen LogP contribution < -0.4 is 5.32 Å². The molecule has 0 aliphatic carbocycles. The number of hydrogen-bond donors (Lipinski definition) is 1. The van der Waals surface area contributed by atoms with E-state index in [0.717, 1.165) is 44.4 Å². The van der Waals surface area contributed by atoms with Gasteiger partial charge in [0.2, 0.25) is 0 Å². The van der Waals surface area contributed by atoms with Gasteiger partial charge in [-0.2, -0.15) is 0 Å². The number of hydrogen-bond acceptors (Lipinski definition) is 4. The molecule has 3 saturated heterocycles. The second kappa shape index (κ2) is 7.21. The molecule has 0 spiro atoms. The lowest BCUT2D eigenvalue weighted by Gasteiger charge is -2.49. The van der Waals surface area contributed by atoms with Crippen molar-refractivity contribution >= 4 is 0 Å². The first-order valence-corrected chi connectivity index (χ1v) is 8.60. The lowest BCUT2D eigenvalue weighted by molar-refractivity contribution is 0.0134. The van der Waals surface area contributed by atoms with E-state index in [1.54, 1.807) is 0 Å². The van der Waals surface area contributed by atoms with Crippen LogP contribution in [0.5, 0.6) is 0 Å². The number of ether oxygens (including phenoxy) is 1. The molecule has 20 heavy (non-hydrogen) atoms. The first-order valence-electron chi connectivity index (χ1n) is 8.60. The molecule has 0 aromatic heterocycles. The molecule has 0 aromatic carbocycles. The Morgan fingerprint density at radius 2 is 1.75 bits per heavy atom. The predicted octanol–water partition coefficient (Wildman–Crippen LogP) is 1.31. The van der Waals surface area contributed by atoms with E-state index >= 15 is 0 Å². The number of fused-ring (bicyclic) bond motifs is 2. The first-order chi connectivity index (χ1) is 9.86. The van der Waals surface area contributed by atoms with Crippen molar-refractivity contribution in [1.29, 1.82) is 0 Å². The highest BCUT2D eigenvalue weighted by molar-refractivity contribution is 4.94. The maximum atomic E-state index is 5.42. The fraction of sp³-hybridized carbons (Fsp3) is 1.00. The van der Waals surface area contributed by atoms with Gasteiger partial charge in [-0.15, -0.1) is 0 Å².